The van der Waals surface area contributed by atoms with Crippen LogP contribution in [0.25, 0.3) is 27.8 Å². The summed E-state index contributed by atoms with van der Waals surface area (Å²) < 4.78 is 24.4. The molecule has 3 aromatic rings. The van der Waals surface area contributed by atoms with Crippen LogP contribution in [0.15, 0.2) is 55.2 Å². The molecule has 0 saturated heterocycles. The summed E-state index contributed by atoms with van der Waals surface area (Å²) in [4.78, 5) is 4.55. The van der Waals surface area contributed by atoms with Gasteiger partial charge in [0.2, 0.25) is 0 Å². The minimum absolute atomic E-state index is 0.273. The topological polar surface area (TPSA) is 31.4 Å². The highest BCUT2D eigenvalue weighted by atomic mass is 19.1. The van der Waals surface area contributed by atoms with Crippen molar-refractivity contribution in [2.75, 3.05) is 14.2 Å². The molecule has 0 saturated carbocycles. The van der Waals surface area contributed by atoms with E-state index >= 15 is 0 Å². The van der Waals surface area contributed by atoms with Crippen LogP contribution in [0.4, 0.5) is 4.39 Å². The summed E-state index contributed by atoms with van der Waals surface area (Å²) in [7, 11) is 3.24. The Hall–Kier alpha value is -3.14. The second-order valence-corrected chi connectivity index (χ2v) is 6.40. The van der Waals surface area contributed by atoms with E-state index in [-0.39, 0.29) is 5.82 Å². The van der Waals surface area contributed by atoms with Crippen molar-refractivity contribution >= 4 is 5.57 Å². The predicted octanol–water partition coefficient (Wildman–Crippen LogP) is 5.91. The summed E-state index contributed by atoms with van der Waals surface area (Å²) in [5.74, 6) is 1.11. The Morgan fingerprint density at radius 2 is 1.52 bits per heavy atom. The zero-order valence-electron chi connectivity index (χ0n) is 16.0. The zero-order valence-corrected chi connectivity index (χ0v) is 16.0. The van der Waals surface area contributed by atoms with Crippen LogP contribution in [0.2, 0.25) is 0 Å². The average Bonchev–Trinajstić information content (AvgIpc) is 2.67. The molecule has 0 fully saturated rings. The first-order valence-electron chi connectivity index (χ1n) is 8.59. The van der Waals surface area contributed by atoms with Gasteiger partial charge in [-0.2, -0.15) is 0 Å². The first kappa shape index (κ1) is 18.6. The molecule has 0 radical (unpaired) electrons. The van der Waals surface area contributed by atoms with Gasteiger partial charge in [0.1, 0.15) is 17.3 Å². The number of pyridine rings is 1. The molecule has 3 nitrogen and oxygen atoms in total. The molecule has 4 heteroatoms. The minimum atomic E-state index is -0.273. The lowest BCUT2D eigenvalue weighted by atomic mass is 9.88. The Kier molecular flexibility index (Phi) is 5.26. The van der Waals surface area contributed by atoms with Crippen molar-refractivity contribution in [2.45, 2.75) is 13.8 Å². The lowest BCUT2D eigenvalue weighted by molar-refractivity contribution is 0.394. The van der Waals surface area contributed by atoms with Gasteiger partial charge in [0.15, 0.2) is 0 Å². The van der Waals surface area contributed by atoms with Crippen LogP contribution in [0.5, 0.6) is 11.5 Å². The van der Waals surface area contributed by atoms with Crippen molar-refractivity contribution in [1.29, 1.82) is 0 Å². The molecule has 1 heterocycles. The van der Waals surface area contributed by atoms with Gasteiger partial charge in [-0.3, -0.25) is 4.98 Å². The van der Waals surface area contributed by atoms with Crippen molar-refractivity contribution in [3.63, 3.8) is 0 Å². The van der Waals surface area contributed by atoms with E-state index in [1.165, 1.54) is 12.1 Å². The monoisotopic (exact) mass is 363 g/mol. The fraction of sp³-hybridized carbons (Fsp3) is 0.174. The van der Waals surface area contributed by atoms with Crippen LogP contribution in [-0.2, 0) is 0 Å². The molecule has 1 aromatic heterocycles. The highest BCUT2D eigenvalue weighted by Gasteiger charge is 2.18. The highest BCUT2D eigenvalue weighted by Crippen LogP contribution is 2.41. The number of nitrogens with zero attached hydrogens (tertiary/aromatic N) is 1. The van der Waals surface area contributed by atoms with Crippen molar-refractivity contribution in [1.82, 2.24) is 4.98 Å². The highest BCUT2D eigenvalue weighted by molar-refractivity contribution is 5.92. The number of ether oxygens (including phenoxy) is 2. The van der Waals surface area contributed by atoms with E-state index in [2.05, 4.69) is 11.6 Å². The van der Waals surface area contributed by atoms with Crippen molar-refractivity contribution < 1.29 is 13.9 Å². The van der Waals surface area contributed by atoms with E-state index in [0.717, 1.165) is 39.1 Å². The summed E-state index contributed by atoms with van der Waals surface area (Å²) in [6.45, 7) is 8.01. The number of aromatic nitrogens is 1. The molecule has 138 valence electrons. The Labute approximate surface area is 159 Å². The summed E-state index contributed by atoms with van der Waals surface area (Å²) in [5, 5.41) is 0. The first-order chi connectivity index (χ1) is 12.9. The van der Waals surface area contributed by atoms with Gasteiger partial charge in [0.05, 0.1) is 14.2 Å². The molecule has 2 aromatic carbocycles. The van der Waals surface area contributed by atoms with E-state index in [1.807, 2.05) is 38.2 Å². The van der Waals surface area contributed by atoms with E-state index in [9.17, 15) is 4.39 Å². The van der Waals surface area contributed by atoms with Crippen molar-refractivity contribution in [2.24, 2.45) is 0 Å². The van der Waals surface area contributed by atoms with Gasteiger partial charge < -0.3 is 9.47 Å². The molecular formula is C23H22FNO2. The molecule has 0 aliphatic rings. The van der Waals surface area contributed by atoms with Gasteiger partial charge in [0, 0.05) is 34.6 Å². The molecule has 0 aliphatic carbocycles. The van der Waals surface area contributed by atoms with Crippen LogP contribution < -0.4 is 9.47 Å². The maximum Gasteiger partial charge on any atom is 0.123 e. The number of rotatable bonds is 5. The van der Waals surface area contributed by atoms with Crippen LogP contribution in [0.3, 0.4) is 0 Å². The second-order valence-electron chi connectivity index (χ2n) is 6.40. The fourth-order valence-electron chi connectivity index (χ4n) is 3.15. The van der Waals surface area contributed by atoms with E-state index in [0.29, 0.717) is 11.5 Å². The van der Waals surface area contributed by atoms with Crippen molar-refractivity contribution in [3.8, 4) is 33.8 Å². The molecule has 0 spiro atoms. The number of halogens is 1. The minimum Gasteiger partial charge on any atom is -0.497 e. The lowest BCUT2D eigenvalue weighted by Gasteiger charge is -2.19. The SMILES string of the molecule is C=C(C)c1cnc(C)c(-c2ccc(F)cc2)c1-c1cc(OC)cc(OC)c1. The van der Waals surface area contributed by atoms with Gasteiger partial charge >= 0.3 is 0 Å². The number of aryl methyl sites for hydroxylation is 1. The number of hydrogen-bond donors (Lipinski definition) is 0. The maximum atomic E-state index is 13.5. The van der Waals surface area contributed by atoms with E-state index in [4.69, 9.17) is 9.47 Å². The summed E-state index contributed by atoms with van der Waals surface area (Å²) >= 11 is 0. The Balaban J connectivity index is 2.38. The third kappa shape index (κ3) is 3.70. The molecular weight excluding hydrogens is 341 g/mol. The molecule has 3 rings (SSSR count). The Morgan fingerprint density at radius 3 is 2.04 bits per heavy atom. The third-order valence-corrected chi connectivity index (χ3v) is 4.50. The third-order valence-electron chi connectivity index (χ3n) is 4.50. The largest absolute Gasteiger partial charge is 0.497 e. The van der Waals surface area contributed by atoms with Gasteiger partial charge in [-0.05, 0) is 54.8 Å². The van der Waals surface area contributed by atoms with Crippen LogP contribution in [0, 0.1) is 12.7 Å². The van der Waals surface area contributed by atoms with Gasteiger partial charge in [-0.1, -0.05) is 18.7 Å². The summed E-state index contributed by atoms with van der Waals surface area (Å²) in [6, 6.07) is 12.2. The van der Waals surface area contributed by atoms with E-state index in [1.54, 1.807) is 26.4 Å². The molecule has 0 atom stereocenters. The van der Waals surface area contributed by atoms with Crippen molar-refractivity contribution in [3.05, 3.63) is 72.3 Å². The standard InChI is InChI=1S/C23H22FNO2/c1-14(2)21-13-25-15(3)22(16-6-8-18(24)9-7-16)23(21)17-10-19(26-4)12-20(11-17)27-5/h6-13H,1H2,2-5H3. The first-order valence-corrected chi connectivity index (χ1v) is 8.59. The van der Waals surface area contributed by atoms with Crippen LogP contribution >= 0.6 is 0 Å². The smallest absolute Gasteiger partial charge is 0.123 e. The number of methoxy groups -OCH3 is 2. The molecule has 0 amide bonds. The molecule has 27 heavy (non-hydrogen) atoms. The van der Waals surface area contributed by atoms with Gasteiger partial charge in [0.25, 0.3) is 0 Å². The molecule has 0 aliphatic heterocycles. The normalized spacial score (nSPS) is 10.6. The quantitative estimate of drug-likeness (QED) is 0.564. The molecule has 0 bridgehead atoms. The van der Waals surface area contributed by atoms with Crippen LogP contribution in [0.1, 0.15) is 18.2 Å². The summed E-state index contributed by atoms with van der Waals surface area (Å²) in [5.41, 5.74) is 6.39. The fourth-order valence-corrected chi connectivity index (χ4v) is 3.15. The molecule has 0 N–H and O–H groups in total. The van der Waals surface area contributed by atoms with Crippen LogP contribution in [-0.4, -0.2) is 19.2 Å². The number of hydrogen-bond acceptors (Lipinski definition) is 3. The Bertz CT molecular complexity index is 972. The number of allylic oxidation sites excluding steroid dienone is 1. The zero-order chi connectivity index (χ0) is 19.6. The summed E-state index contributed by atoms with van der Waals surface area (Å²) in [6.07, 6.45) is 1.83. The average molecular weight is 363 g/mol. The predicted molar refractivity (Wildman–Crippen MR) is 108 cm³/mol. The number of benzene rings is 2. The maximum absolute atomic E-state index is 13.5. The van der Waals surface area contributed by atoms with Gasteiger partial charge in [-0.15, -0.1) is 0 Å². The second kappa shape index (κ2) is 7.62. The molecule has 0 unspecified atom stereocenters. The Morgan fingerprint density at radius 1 is 0.926 bits per heavy atom. The van der Waals surface area contributed by atoms with Gasteiger partial charge in [-0.25, -0.2) is 4.39 Å². The van der Waals surface area contributed by atoms with E-state index < -0.39 is 0 Å². The lowest BCUT2D eigenvalue weighted by Crippen LogP contribution is -1.99.